The summed E-state index contributed by atoms with van der Waals surface area (Å²) in [6.07, 6.45) is -50.9. The van der Waals surface area contributed by atoms with Crippen molar-refractivity contribution in [1.82, 2.24) is 21.3 Å². The van der Waals surface area contributed by atoms with Crippen LogP contribution in [0.1, 0.15) is 234 Å². The van der Waals surface area contributed by atoms with E-state index in [1.165, 1.54) is 70.3 Å². The molecule has 3 unspecified atom stereocenters. The van der Waals surface area contributed by atoms with E-state index in [4.69, 9.17) is 66.3 Å². The number of aliphatic hydroxyl groups is 22. The second-order valence-corrected chi connectivity index (χ2v) is 38.9. The van der Waals surface area contributed by atoms with Gasteiger partial charge in [0.25, 0.3) is 17.4 Å². The standard InChI is InChI=1S/C94H162N4O47/c1-7-9-11-13-15-17-19-21-23-25-27-29-31-33-53(110)52(98-64(116)34-32-30-28-26-24-22-20-18-16-14-12-10-8-2)46-132-86-74(123)73(122)78(62(44-104)135-86)138-88-76(125)84(145-94(91(130)131)38-56(113)67(97-50(6)109)82(143-94)72(121)61(43-103)140-92(89(126)127)36-54(111)65(95-48(4)107)80(141-92)68(117)57(114)39-99)79(63(45-105)136-88)139-85-51(35-47(3)106)77(70(119)59(41-101)133-85)137-87-75(124)83(71(120)60(42-102)134-87)144-93(90(128)129)37-55(112)66(96-49(5)108)81(142-93)69(118)58(115)40-100/h31,33,51-63,65-88,99-105,110-115,117-125H,7-30,32,34-46H2,1-6H3,(H,95,107)(H,96,108)(H,97,109)(H,98,116)(H,126,127)(H,128,129)(H,130,131)/b33-31+/t51-,52+,53-,54+,55+,56+,57-,58-,59-,60-,61-,62-,63-,65-,66-,67-,68-,69-,70+,71+,72-,73-,74-,75-,76-,77-,78-,79+,80?,81?,82?,83+,84-,85+,86-,87+,88+,92-,93+,94+/m1/s1. The number of Topliss-reactive ketones (excluding diaryl/α,β-unsaturated/α-hetero) is 1. The lowest BCUT2D eigenvalue weighted by molar-refractivity contribution is -0.409. The predicted octanol–water partition coefficient (Wildman–Crippen LogP) is -6.38. The van der Waals surface area contributed by atoms with Crippen molar-refractivity contribution < 1.29 is 232 Å². The van der Waals surface area contributed by atoms with Crippen LogP contribution in [0.4, 0.5) is 0 Å². The number of hydrogen-bond acceptors (Lipinski definition) is 44. The molecule has 0 bridgehead atoms. The fourth-order valence-electron chi connectivity index (χ4n) is 19.4. The zero-order chi connectivity index (χ0) is 107. The van der Waals surface area contributed by atoms with Gasteiger partial charge in [-0.15, -0.1) is 0 Å². The molecule has 7 fully saturated rings. The van der Waals surface area contributed by atoms with Crippen molar-refractivity contribution in [2.45, 2.75) is 472 Å². The summed E-state index contributed by atoms with van der Waals surface area (Å²) >= 11 is 0. The third-order valence-electron chi connectivity index (χ3n) is 27.4. The van der Waals surface area contributed by atoms with Gasteiger partial charge in [-0.2, -0.15) is 0 Å². The maximum absolute atomic E-state index is 14.6. The summed E-state index contributed by atoms with van der Waals surface area (Å²) in [5.41, 5.74) is 0. The van der Waals surface area contributed by atoms with Crippen LogP contribution in [0.25, 0.3) is 0 Å². The van der Waals surface area contributed by atoms with Gasteiger partial charge >= 0.3 is 17.9 Å². The molecule has 7 heterocycles. The van der Waals surface area contributed by atoms with Crippen LogP contribution >= 0.6 is 0 Å². The van der Waals surface area contributed by atoms with Crippen LogP contribution < -0.4 is 21.3 Å². The van der Waals surface area contributed by atoms with Gasteiger partial charge in [-0.05, 0) is 26.2 Å². The second kappa shape index (κ2) is 61.8. The minimum Gasteiger partial charge on any atom is -0.477 e. The zero-order valence-electron chi connectivity index (χ0n) is 83.0. The molecular weight excluding hydrogens is 1940 g/mol. The van der Waals surface area contributed by atoms with E-state index >= 15 is 0 Å². The van der Waals surface area contributed by atoms with Crippen molar-refractivity contribution in [3.63, 3.8) is 0 Å². The average Bonchev–Trinajstić information content (AvgIpc) is 0.764. The fraction of sp³-hybridized carbons (Fsp3) is 0.894. The Balaban J connectivity index is 1.27. The van der Waals surface area contributed by atoms with Gasteiger partial charge in [-0.1, -0.05) is 167 Å². The topological polar surface area (TPSA) is 820 Å². The van der Waals surface area contributed by atoms with Crippen molar-refractivity contribution in [3.8, 4) is 0 Å². The quantitative estimate of drug-likeness (QED) is 0.0199. The van der Waals surface area contributed by atoms with Crippen molar-refractivity contribution in [3.05, 3.63) is 12.2 Å². The van der Waals surface area contributed by atoms with Crippen molar-refractivity contribution in [2.75, 3.05) is 52.9 Å². The summed E-state index contributed by atoms with van der Waals surface area (Å²) in [4.78, 5) is 107. The third-order valence-corrected chi connectivity index (χ3v) is 27.4. The lowest BCUT2D eigenvalue weighted by atomic mass is 9.86. The molecule has 145 heavy (non-hydrogen) atoms. The number of carboxylic acids is 3. The van der Waals surface area contributed by atoms with Crippen molar-refractivity contribution in [1.29, 1.82) is 0 Å². The third kappa shape index (κ3) is 35.1. The zero-order valence-corrected chi connectivity index (χ0v) is 83.0. The summed E-state index contributed by atoms with van der Waals surface area (Å²) < 4.78 is 84.9. The number of carbonyl (C=O) groups is 8. The van der Waals surface area contributed by atoms with Crippen LogP contribution in [0, 0.1) is 5.92 Å². The molecule has 0 saturated carbocycles. The number of carboxylic acid groups (broad SMARTS) is 3. The molecule has 0 spiro atoms. The van der Waals surface area contributed by atoms with Gasteiger partial charge in [0.05, 0.1) is 108 Å². The molecule has 29 N–H and O–H groups in total. The number of ether oxygens (including phenoxy) is 14. The molecule has 40 atom stereocenters. The first-order chi connectivity index (χ1) is 68.9. The van der Waals surface area contributed by atoms with Crippen LogP contribution in [0.3, 0.4) is 0 Å². The highest BCUT2D eigenvalue weighted by Gasteiger charge is 2.66. The first kappa shape index (κ1) is 126. The normalized spacial score (nSPS) is 35.8. The Labute approximate surface area is 840 Å². The molecule has 7 aliphatic rings. The number of aliphatic carboxylic acids is 3. The number of nitrogens with one attached hydrogen (secondary N) is 4. The number of hydrogen-bond donors (Lipinski definition) is 29. The Morgan fingerprint density at radius 3 is 1.18 bits per heavy atom. The number of allylic oxidation sites excluding steroid dienone is 1. The first-order valence-electron chi connectivity index (χ1n) is 50.6. The molecule has 7 rings (SSSR count). The van der Waals surface area contributed by atoms with Gasteiger partial charge in [0.15, 0.2) is 25.2 Å². The van der Waals surface area contributed by atoms with Gasteiger partial charge in [0.1, 0.15) is 146 Å². The monoisotopic (exact) mass is 2100 g/mol. The van der Waals surface area contributed by atoms with Crippen molar-refractivity contribution in [2.24, 2.45) is 5.92 Å². The van der Waals surface area contributed by atoms with Crippen LogP contribution in [-0.2, 0) is 105 Å². The molecular formula is C94H162N4O47. The molecule has 51 nitrogen and oxygen atoms in total. The van der Waals surface area contributed by atoms with E-state index in [1.807, 2.05) is 0 Å². The Morgan fingerprint density at radius 1 is 0.393 bits per heavy atom. The number of unbranched alkanes of at least 4 members (excludes halogenated alkanes) is 23. The highest BCUT2D eigenvalue weighted by Crippen LogP contribution is 2.46. The molecule has 840 valence electrons. The van der Waals surface area contributed by atoms with Crippen molar-refractivity contribution >= 4 is 47.3 Å². The molecule has 0 aliphatic carbocycles. The molecule has 4 amide bonds. The number of amides is 4. The van der Waals surface area contributed by atoms with Crippen LogP contribution in [0.2, 0.25) is 0 Å². The van der Waals surface area contributed by atoms with E-state index in [0.29, 0.717) is 12.8 Å². The summed E-state index contributed by atoms with van der Waals surface area (Å²) in [7, 11) is 0. The van der Waals surface area contributed by atoms with Gasteiger partial charge < -0.3 is 220 Å². The Morgan fingerprint density at radius 2 is 0.759 bits per heavy atom. The fourth-order valence-corrected chi connectivity index (χ4v) is 19.4. The first-order valence-corrected chi connectivity index (χ1v) is 50.6. The average molecular weight is 2100 g/mol. The van der Waals surface area contributed by atoms with Crippen LogP contribution in [0.5, 0.6) is 0 Å². The number of carbonyl (C=O) groups excluding carboxylic acids is 5. The van der Waals surface area contributed by atoms with Gasteiger partial charge in [-0.3, -0.25) is 19.2 Å². The second-order valence-electron chi connectivity index (χ2n) is 38.9. The molecule has 0 aromatic rings. The molecule has 51 heteroatoms. The maximum Gasteiger partial charge on any atom is 0.364 e. The smallest absolute Gasteiger partial charge is 0.364 e. The lowest BCUT2D eigenvalue weighted by Gasteiger charge is -2.53. The molecule has 0 radical (unpaired) electrons. The summed E-state index contributed by atoms with van der Waals surface area (Å²) in [5.74, 6) is -23.8. The van der Waals surface area contributed by atoms with Crippen LogP contribution in [0.15, 0.2) is 12.2 Å². The lowest BCUT2D eigenvalue weighted by Crippen LogP contribution is -2.72. The van der Waals surface area contributed by atoms with Gasteiger partial charge in [0, 0.05) is 58.8 Å². The number of ketones is 1. The van der Waals surface area contributed by atoms with E-state index in [-0.39, 0.29) is 6.42 Å². The van der Waals surface area contributed by atoms with E-state index in [0.717, 1.165) is 111 Å². The highest BCUT2D eigenvalue weighted by molar-refractivity contribution is 5.79. The minimum atomic E-state index is -3.79. The Kier molecular flexibility index (Phi) is 53.8. The predicted molar refractivity (Wildman–Crippen MR) is 493 cm³/mol. The van der Waals surface area contributed by atoms with E-state index in [1.54, 1.807) is 6.08 Å². The summed E-state index contributed by atoms with van der Waals surface area (Å²) in [5, 5.41) is 296. The maximum atomic E-state index is 14.6. The van der Waals surface area contributed by atoms with Gasteiger partial charge in [-0.25, -0.2) is 14.4 Å². The van der Waals surface area contributed by atoms with Crippen LogP contribution in [-0.4, -0.2) is 465 Å². The molecule has 0 aromatic heterocycles. The number of aliphatic hydroxyl groups excluding tert-OH is 22. The van der Waals surface area contributed by atoms with E-state index < -0.39 is 369 Å². The highest BCUT2D eigenvalue weighted by atomic mass is 16.8. The summed E-state index contributed by atoms with van der Waals surface area (Å²) in [6, 6.07) is -7.08. The van der Waals surface area contributed by atoms with Gasteiger partial charge in [0.2, 0.25) is 23.6 Å². The molecule has 7 aliphatic heterocycles. The van der Waals surface area contributed by atoms with E-state index in [2.05, 4.69) is 35.1 Å². The largest absolute Gasteiger partial charge is 0.477 e. The SMILES string of the molecule is CCCCCCCCCCCCC/C=C/[C@@H](O)[C@H](CO[C@@H]1O[C@H](CO)[C@@H](O[C@@H]2O[C@H](CO)[C@H](O[C@@H]3O[C@H](CO)[C@H](O)[C@H](O[C@@H]4O[C@H](CO)[C@H](O)[C@H](O[C@]5(C(=O)O)C[C@H](O)[C@@H](NC(C)=O)C([C@H](O)[C@H](O)CO)O5)[C@H]4O)[C@H]3CC(C)=O)[C@H](O[C@]3(C(=O)O)C[C@H](O)[C@@H](NC(C)=O)C([C@H](O)[C@@H](CO)O[C@]4(C(=O)O)C[C@H](O)[C@@H](NC(C)=O)C([C@H](O)[C@H](O)CO)O4)O3)[C@H]2O)[C@H](O)[C@H]1O)NC(=O)CCCCCCCCCCCCCCC. The Bertz CT molecular complexity index is 3880. The molecule has 0 aromatic carbocycles. The number of rotatable bonds is 65. The Hall–Kier alpha value is -5.74. The van der Waals surface area contributed by atoms with E-state index in [9.17, 15) is 166 Å². The summed E-state index contributed by atoms with van der Waals surface area (Å²) in [6.45, 7) is -2.09. The minimum absolute atomic E-state index is 0.0484. The molecule has 7 saturated heterocycles.